The summed E-state index contributed by atoms with van der Waals surface area (Å²) >= 11 is 6.27. The standard InChI is InChI=1S/C23H20ClFN4O/c24-18-4-1-5-19(25)23(18)14-6-7-20-16(9-14)17(11-28-20)21-12-27-13-22(29-21)30-15-3-2-8-26-10-15/h1,4-7,9,11-13,15,26,28H,2-3,8,10H2/t15-/m1/s1. The van der Waals surface area contributed by atoms with E-state index < -0.39 is 0 Å². The topological polar surface area (TPSA) is 62.8 Å². The molecule has 7 heteroatoms. The van der Waals surface area contributed by atoms with Crippen LogP contribution in [-0.4, -0.2) is 34.1 Å². The molecule has 0 amide bonds. The third kappa shape index (κ3) is 3.64. The van der Waals surface area contributed by atoms with Crippen LogP contribution in [0.2, 0.25) is 5.02 Å². The monoisotopic (exact) mass is 422 g/mol. The van der Waals surface area contributed by atoms with Crippen LogP contribution in [0.1, 0.15) is 12.8 Å². The molecule has 1 atom stereocenters. The Labute approximate surface area is 178 Å². The van der Waals surface area contributed by atoms with Crippen LogP contribution in [0.15, 0.2) is 55.0 Å². The number of fused-ring (bicyclic) bond motifs is 1. The number of piperidine rings is 1. The van der Waals surface area contributed by atoms with Crippen molar-refractivity contribution < 1.29 is 9.13 Å². The van der Waals surface area contributed by atoms with Gasteiger partial charge in [-0.3, -0.25) is 4.98 Å². The normalized spacial score (nSPS) is 16.7. The van der Waals surface area contributed by atoms with Crippen LogP contribution < -0.4 is 10.1 Å². The molecule has 30 heavy (non-hydrogen) atoms. The summed E-state index contributed by atoms with van der Waals surface area (Å²) in [5.41, 5.74) is 3.59. The number of aromatic amines is 1. The molecule has 2 aromatic carbocycles. The molecule has 0 unspecified atom stereocenters. The van der Waals surface area contributed by atoms with Crippen LogP contribution >= 0.6 is 11.6 Å². The molecule has 0 spiro atoms. The minimum Gasteiger partial charge on any atom is -0.472 e. The van der Waals surface area contributed by atoms with Gasteiger partial charge in [-0.05, 0) is 49.2 Å². The van der Waals surface area contributed by atoms with Gasteiger partial charge in [0.1, 0.15) is 11.9 Å². The fraction of sp³-hybridized carbons (Fsp3) is 0.217. The lowest BCUT2D eigenvalue weighted by Crippen LogP contribution is -2.37. The van der Waals surface area contributed by atoms with Gasteiger partial charge in [-0.25, -0.2) is 9.37 Å². The van der Waals surface area contributed by atoms with Crippen molar-refractivity contribution in [2.75, 3.05) is 13.1 Å². The molecule has 4 aromatic rings. The average molecular weight is 423 g/mol. The molecule has 0 radical (unpaired) electrons. The molecule has 0 aliphatic carbocycles. The van der Waals surface area contributed by atoms with Crippen LogP contribution in [0.4, 0.5) is 4.39 Å². The van der Waals surface area contributed by atoms with Gasteiger partial charge in [0.2, 0.25) is 5.88 Å². The van der Waals surface area contributed by atoms with E-state index in [9.17, 15) is 4.39 Å². The highest BCUT2D eigenvalue weighted by atomic mass is 35.5. The smallest absolute Gasteiger partial charge is 0.233 e. The highest BCUT2D eigenvalue weighted by Crippen LogP contribution is 2.35. The number of halogens is 2. The summed E-state index contributed by atoms with van der Waals surface area (Å²) in [5, 5.41) is 4.62. The van der Waals surface area contributed by atoms with Crippen molar-refractivity contribution in [3.63, 3.8) is 0 Å². The van der Waals surface area contributed by atoms with Gasteiger partial charge in [0.25, 0.3) is 0 Å². The third-order valence-electron chi connectivity index (χ3n) is 5.36. The van der Waals surface area contributed by atoms with Gasteiger partial charge in [0.05, 0.1) is 23.1 Å². The van der Waals surface area contributed by atoms with Crippen molar-refractivity contribution in [2.24, 2.45) is 0 Å². The number of aromatic nitrogens is 3. The van der Waals surface area contributed by atoms with Crippen molar-refractivity contribution in [2.45, 2.75) is 18.9 Å². The fourth-order valence-corrected chi connectivity index (χ4v) is 4.16. The van der Waals surface area contributed by atoms with Crippen molar-refractivity contribution in [1.29, 1.82) is 0 Å². The molecule has 152 valence electrons. The Bertz CT molecular complexity index is 1180. The minimum atomic E-state index is -0.352. The maximum atomic E-state index is 14.4. The maximum absolute atomic E-state index is 14.4. The average Bonchev–Trinajstić information content (AvgIpc) is 3.18. The first-order valence-electron chi connectivity index (χ1n) is 9.94. The molecule has 1 aliphatic rings. The molecule has 5 nitrogen and oxygen atoms in total. The van der Waals surface area contributed by atoms with Gasteiger partial charge in [-0.15, -0.1) is 0 Å². The van der Waals surface area contributed by atoms with E-state index in [4.69, 9.17) is 16.3 Å². The van der Waals surface area contributed by atoms with E-state index in [1.165, 1.54) is 6.07 Å². The minimum absolute atomic E-state index is 0.0982. The number of hydrogen-bond acceptors (Lipinski definition) is 4. The first-order valence-corrected chi connectivity index (χ1v) is 10.3. The van der Waals surface area contributed by atoms with Gasteiger partial charge in [0, 0.05) is 34.8 Å². The molecule has 2 N–H and O–H groups in total. The SMILES string of the molecule is Fc1cccc(Cl)c1-c1ccc2[nH]cc(-c3cncc(O[C@@H]4CCCNC4)n3)c2c1. The van der Waals surface area contributed by atoms with E-state index in [2.05, 4.69) is 20.3 Å². The molecule has 5 rings (SSSR count). The number of nitrogens with one attached hydrogen (secondary N) is 2. The van der Waals surface area contributed by atoms with Crippen LogP contribution in [0.25, 0.3) is 33.3 Å². The number of benzene rings is 2. The Morgan fingerprint density at radius 3 is 2.93 bits per heavy atom. The van der Waals surface area contributed by atoms with Crippen LogP contribution in [0.3, 0.4) is 0 Å². The lowest BCUT2D eigenvalue weighted by Gasteiger charge is -2.23. The van der Waals surface area contributed by atoms with E-state index in [1.807, 2.05) is 24.4 Å². The maximum Gasteiger partial charge on any atom is 0.233 e. The second kappa shape index (κ2) is 8.05. The predicted molar refractivity (Wildman–Crippen MR) is 116 cm³/mol. The van der Waals surface area contributed by atoms with Gasteiger partial charge >= 0.3 is 0 Å². The second-order valence-corrected chi connectivity index (χ2v) is 7.80. The molecule has 0 bridgehead atoms. The van der Waals surface area contributed by atoms with Gasteiger partial charge < -0.3 is 15.0 Å². The number of H-pyrrole nitrogens is 1. The fourth-order valence-electron chi connectivity index (χ4n) is 3.89. The largest absolute Gasteiger partial charge is 0.472 e. The van der Waals surface area contributed by atoms with E-state index in [1.54, 1.807) is 24.5 Å². The molecule has 0 saturated carbocycles. The van der Waals surface area contributed by atoms with E-state index in [0.717, 1.165) is 42.4 Å². The van der Waals surface area contributed by atoms with Crippen molar-refractivity contribution >= 4 is 22.5 Å². The summed E-state index contributed by atoms with van der Waals surface area (Å²) in [6.45, 7) is 1.83. The first-order chi connectivity index (χ1) is 14.7. The zero-order valence-electron chi connectivity index (χ0n) is 16.2. The summed E-state index contributed by atoms with van der Waals surface area (Å²) in [6, 6.07) is 10.4. The number of rotatable bonds is 4. The summed E-state index contributed by atoms with van der Waals surface area (Å²) < 4.78 is 20.4. The molecular weight excluding hydrogens is 403 g/mol. The van der Waals surface area contributed by atoms with Crippen molar-refractivity contribution in [3.05, 3.63) is 65.8 Å². The Kier molecular flexibility index (Phi) is 5.11. The van der Waals surface area contributed by atoms with Gasteiger partial charge in [0.15, 0.2) is 0 Å². The van der Waals surface area contributed by atoms with Gasteiger partial charge in [-0.1, -0.05) is 23.7 Å². The summed E-state index contributed by atoms with van der Waals surface area (Å²) in [7, 11) is 0. The summed E-state index contributed by atoms with van der Waals surface area (Å²) in [5.74, 6) is 0.152. The summed E-state index contributed by atoms with van der Waals surface area (Å²) in [4.78, 5) is 12.2. The van der Waals surface area contributed by atoms with E-state index in [-0.39, 0.29) is 11.9 Å². The number of ether oxygens (including phenoxy) is 1. The van der Waals surface area contributed by atoms with Crippen molar-refractivity contribution in [3.8, 4) is 28.3 Å². The zero-order chi connectivity index (χ0) is 20.5. The van der Waals surface area contributed by atoms with E-state index >= 15 is 0 Å². The number of hydrogen-bond donors (Lipinski definition) is 2. The zero-order valence-corrected chi connectivity index (χ0v) is 16.9. The lowest BCUT2D eigenvalue weighted by atomic mass is 10.0. The highest BCUT2D eigenvalue weighted by Gasteiger charge is 2.17. The molecular formula is C23H20ClFN4O. The predicted octanol–water partition coefficient (Wildman–Crippen LogP) is 5.22. The Balaban J connectivity index is 1.53. The Hall–Kier alpha value is -2.96. The van der Waals surface area contributed by atoms with Crippen LogP contribution in [0.5, 0.6) is 5.88 Å². The molecule has 2 aromatic heterocycles. The van der Waals surface area contributed by atoms with Crippen LogP contribution in [0, 0.1) is 5.82 Å². The molecule has 1 aliphatic heterocycles. The Morgan fingerprint density at radius 2 is 2.10 bits per heavy atom. The van der Waals surface area contributed by atoms with Crippen LogP contribution in [-0.2, 0) is 0 Å². The second-order valence-electron chi connectivity index (χ2n) is 7.39. The molecule has 1 fully saturated rings. The quantitative estimate of drug-likeness (QED) is 0.473. The van der Waals surface area contributed by atoms with E-state index in [0.29, 0.717) is 27.7 Å². The third-order valence-corrected chi connectivity index (χ3v) is 5.68. The highest BCUT2D eigenvalue weighted by molar-refractivity contribution is 6.33. The number of nitrogens with zero attached hydrogens (tertiary/aromatic N) is 2. The first kappa shape index (κ1) is 19.0. The lowest BCUT2D eigenvalue weighted by molar-refractivity contribution is 0.160. The molecule has 1 saturated heterocycles. The summed E-state index contributed by atoms with van der Waals surface area (Å²) in [6.07, 6.45) is 7.41. The molecule has 3 heterocycles. The Morgan fingerprint density at radius 1 is 1.17 bits per heavy atom. The van der Waals surface area contributed by atoms with Crippen molar-refractivity contribution in [1.82, 2.24) is 20.3 Å². The van der Waals surface area contributed by atoms with Gasteiger partial charge in [-0.2, -0.15) is 0 Å².